The third-order valence-corrected chi connectivity index (χ3v) is 6.28. The molecule has 2 N–H and O–H groups in total. The fourth-order valence-corrected chi connectivity index (χ4v) is 4.55. The number of nitrogens with two attached hydrogens (primary N) is 1. The number of primary amides is 1. The van der Waals surface area contributed by atoms with Gasteiger partial charge >= 0.3 is 6.09 Å². The topological polar surface area (TPSA) is 58.8 Å². The first-order valence-electron chi connectivity index (χ1n) is 11.5. The Kier molecular flexibility index (Phi) is 7.87. The molecule has 5 nitrogen and oxygen atoms in total. The summed E-state index contributed by atoms with van der Waals surface area (Å²) in [4.78, 5) is 16.1. The summed E-state index contributed by atoms with van der Waals surface area (Å²) in [5.41, 5.74) is 8.16. The quantitative estimate of drug-likeness (QED) is 0.514. The molecule has 0 bridgehead atoms. The molecule has 1 heterocycles. The lowest BCUT2D eigenvalue weighted by atomic mass is 9.96. The molecule has 1 atom stereocenters. The average molecular weight is 466 g/mol. The minimum absolute atomic E-state index is 0.0846. The predicted molar refractivity (Wildman–Crippen MR) is 127 cm³/mol. The van der Waals surface area contributed by atoms with Crippen molar-refractivity contribution < 1.29 is 18.3 Å². The van der Waals surface area contributed by atoms with Gasteiger partial charge in [-0.1, -0.05) is 54.6 Å². The number of amides is 1. The van der Waals surface area contributed by atoms with Crippen molar-refractivity contribution in [3.63, 3.8) is 0 Å². The summed E-state index contributed by atoms with van der Waals surface area (Å²) in [6.45, 7) is 4.02. The van der Waals surface area contributed by atoms with Crippen molar-refractivity contribution in [3.05, 3.63) is 107 Å². The van der Waals surface area contributed by atoms with Crippen molar-refractivity contribution in [1.29, 1.82) is 0 Å². The number of hydrogen-bond donors (Lipinski definition) is 1. The van der Waals surface area contributed by atoms with Gasteiger partial charge in [-0.2, -0.15) is 0 Å². The van der Waals surface area contributed by atoms with Gasteiger partial charge in [0.05, 0.1) is 6.04 Å². The highest BCUT2D eigenvalue weighted by Gasteiger charge is 2.27. The van der Waals surface area contributed by atoms with Gasteiger partial charge in [0, 0.05) is 39.1 Å². The van der Waals surface area contributed by atoms with Crippen molar-refractivity contribution in [2.45, 2.75) is 18.6 Å². The molecule has 1 aliphatic rings. The molecule has 1 amide bonds. The Hall–Kier alpha value is -3.29. The molecule has 0 spiro atoms. The smallest absolute Gasteiger partial charge is 0.405 e. The van der Waals surface area contributed by atoms with Crippen LogP contribution in [0.1, 0.15) is 35.3 Å². The highest BCUT2D eigenvalue weighted by Crippen LogP contribution is 2.30. The molecule has 1 aliphatic heterocycles. The van der Waals surface area contributed by atoms with Crippen LogP contribution in [-0.4, -0.2) is 48.6 Å². The molecule has 34 heavy (non-hydrogen) atoms. The number of nitrogens with zero attached hydrogens (tertiary/aromatic N) is 2. The van der Waals surface area contributed by atoms with Gasteiger partial charge in [-0.15, -0.1) is 0 Å². The molecule has 3 aromatic carbocycles. The molecule has 1 saturated heterocycles. The summed E-state index contributed by atoms with van der Waals surface area (Å²) in [5, 5.41) is 0. The first-order valence-corrected chi connectivity index (χ1v) is 11.5. The SMILES string of the molecule is NC(=O)OC(CCN1CCN(C(c2ccc(F)cc2)c2ccc(F)cc2)CC1)c1ccccc1. The summed E-state index contributed by atoms with van der Waals surface area (Å²) >= 11 is 0. The Labute approximate surface area is 198 Å². The van der Waals surface area contributed by atoms with Gasteiger partial charge in [0.15, 0.2) is 0 Å². The van der Waals surface area contributed by atoms with E-state index in [0.29, 0.717) is 6.42 Å². The van der Waals surface area contributed by atoms with E-state index in [1.807, 2.05) is 30.3 Å². The third kappa shape index (κ3) is 6.18. The normalized spacial score (nSPS) is 15.9. The molecule has 1 unspecified atom stereocenters. The van der Waals surface area contributed by atoms with E-state index in [1.54, 1.807) is 24.3 Å². The van der Waals surface area contributed by atoms with E-state index in [-0.39, 0.29) is 23.8 Å². The summed E-state index contributed by atoms with van der Waals surface area (Å²) < 4.78 is 32.4. The summed E-state index contributed by atoms with van der Waals surface area (Å²) in [7, 11) is 0. The van der Waals surface area contributed by atoms with Crippen LogP contribution in [0.4, 0.5) is 13.6 Å². The van der Waals surface area contributed by atoms with Gasteiger partial charge in [0.2, 0.25) is 0 Å². The van der Waals surface area contributed by atoms with Gasteiger partial charge < -0.3 is 15.4 Å². The molecule has 3 aromatic rings. The average Bonchev–Trinajstić information content (AvgIpc) is 2.85. The number of rotatable bonds is 8. The number of halogens is 2. The van der Waals surface area contributed by atoms with Crippen molar-refractivity contribution >= 4 is 6.09 Å². The maximum absolute atomic E-state index is 13.5. The third-order valence-electron chi connectivity index (χ3n) is 6.28. The van der Waals surface area contributed by atoms with Crippen LogP contribution in [0.15, 0.2) is 78.9 Å². The monoisotopic (exact) mass is 465 g/mol. The maximum atomic E-state index is 13.5. The van der Waals surface area contributed by atoms with Crippen LogP contribution in [0.25, 0.3) is 0 Å². The van der Waals surface area contributed by atoms with Gasteiger partial charge in [-0.05, 0) is 41.0 Å². The second-order valence-corrected chi connectivity index (χ2v) is 8.51. The summed E-state index contributed by atoms with van der Waals surface area (Å²) in [5.74, 6) is -0.560. The molecule has 7 heteroatoms. The summed E-state index contributed by atoms with van der Waals surface area (Å²) in [6.07, 6.45) is -0.519. The number of carbonyl (C=O) groups excluding carboxylic acids is 1. The Balaban J connectivity index is 1.41. The molecule has 178 valence electrons. The Bertz CT molecular complexity index is 1010. The fraction of sp³-hybridized carbons (Fsp3) is 0.296. The minimum atomic E-state index is -0.778. The van der Waals surface area contributed by atoms with Crippen LogP contribution in [0.5, 0.6) is 0 Å². The lowest BCUT2D eigenvalue weighted by Gasteiger charge is -2.40. The number of piperazine rings is 1. The number of carbonyl (C=O) groups is 1. The molecule has 0 radical (unpaired) electrons. The Morgan fingerprint density at radius 3 is 1.82 bits per heavy atom. The van der Waals surface area contributed by atoms with E-state index in [1.165, 1.54) is 24.3 Å². The highest BCUT2D eigenvalue weighted by atomic mass is 19.1. The molecule has 0 aliphatic carbocycles. The fourth-order valence-electron chi connectivity index (χ4n) is 4.55. The Morgan fingerprint density at radius 2 is 1.32 bits per heavy atom. The standard InChI is InChI=1S/C27H29F2N3O2/c28-23-10-6-21(7-11-23)26(22-8-12-24(29)13-9-22)32-18-16-31(17-19-32)15-14-25(34-27(30)33)20-4-2-1-3-5-20/h1-13,25-26H,14-19H2,(H2,30,33). The number of ether oxygens (including phenoxy) is 1. The van der Waals surface area contributed by atoms with E-state index < -0.39 is 6.09 Å². The zero-order chi connectivity index (χ0) is 23.9. The first-order chi connectivity index (χ1) is 16.5. The number of hydrogen-bond acceptors (Lipinski definition) is 4. The first kappa shape index (κ1) is 23.9. The van der Waals surface area contributed by atoms with E-state index in [2.05, 4.69) is 9.80 Å². The van der Waals surface area contributed by atoms with Crippen molar-refractivity contribution in [3.8, 4) is 0 Å². The van der Waals surface area contributed by atoms with Crippen molar-refractivity contribution in [2.75, 3.05) is 32.7 Å². The van der Waals surface area contributed by atoms with Crippen molar-refractivity contribution in [2.24, 2.45) is 5.73 Å². The van der Waals surface area contributed by atoms with E-state index in [9.17, 15) is 13.6 Å². The van der Waals surface area contributed by atoms with Gasteiger partial charge in [-0.25, -0.2) is 13.6 Å². The Morgan fingerprint density at radius 1 is 0.794 bits per heavy atom. The largest absolute Gasteiger partial charge is 0.441 e. The van der Waals surface area contributed by atoms with Crippen molar-refractivity contribution in [1.82, 2.24) is 9.80 Å². The van der Waals surface area contributed by atoms with E-state index in [0.717, 1.165) is 49.4 Å². The van der Waals surface area contributed by atoms with Crippen LogP contribution in [0, 0.1) is 11.6 Å². The molecule has 1 fully saturated rings. The van der Waals surface area contributed by atoms with E-state index in [4.69, 9.17) is 10.5 Å². The van der Waals surface area contributed by atoms with Crippen LogP contribution < -0.4 is 5.73 Å². The van der Waals surface area contributed by atoms with E-state index >= 15 is 0 Å². The predicted octanol–water partition coefficient (Wildman–Crippen LogP) is 4.90. The lowest BCUT2D eigenvalue weighted by Crippen LogP contribution is -2.48. The molecular weight excluding hydrogens is 436 g/mol. The zero-order valence-corrected chi connectivity index (χ0v) is 18.9. The maximum Gasteiger partial charge on any atom is 0.405 e. The van der Waals surface area contributed by atoms with Crippen LogP contribution >= 0.6 is 0 Å². The highest BCUT2D eigenvalue weighted by molar-refractivity contribution is 5.65. The summed E-state index contributed by atoms with van der Waals surface area (Å²) in [6, 6.07) is 22.5. The molecule has 4 rings (SSSR count). The van der Waals surface area contributed by atoms with Gasteiger partial charge in [0.25, 0.3) is 0 Å². The van der Waals surface area contributed by atoms with Gasteiger partial charge in [0.1, 0.15) is 17.7 Å². The lowest BCUT2D eigenvalue weighted by molar-refractivity contribution is 0.0731. The van der Waals surface area contributed by atoms with Crippen LogP contribution in [0.2, 0.25) is 0 Å². The molecule has 0 aromatic heterocycles. The number of benzene rings is 3. The zero-order valence-electron chi connectivity index (χ0n) is 18.9. The van der Waals surface area contributed by atoms with Gasteiger partial charge in [-0.3, -0.25) is 4.90 Å². The second kappa shape index (κ2) is 11.2. The minimum Gasteiger partial charge on any atom is -0.441 e. The van der Waals surface area contributed by atoms with Crippen LogP contribution in [0.3, 0.4) is 0 Å². The molecule has 0 saturated carbocycles. The van der Waals surface area contributed by atoms with Crippen LogP contribution in [-0.2, 0) is 4.74 Å². The molecular formula is C27H29F2N3O2. The second-order valence-electron chi connectivity index (χ2n) is 8.51.